The minimum atomic E-state index is -0.0589. The topological polar surface area (TPSA) is 94.5 Å². The Balaban J connectivity index is 1.34. The van der Waals surface area contributed by atoms with Gasteiger partial charge in [0.15, 0.2) is 0 Å². The smallest absolute Gasteiger partial charge is 0.317 e. The van der Waals surface area contributed by atoms with E-state index in [-0.39, 0.29) is 17.4 Å². The van der Waals surface area contributed by atoms with E-state index in [0.29, 0.717) is 26.1 Å². The number of imidazole rings is 1. The molecule has 2 aliphatic heterocycles. The molecule has 0 radical (unpaired) electrons. The van der Waals surface area contributed by atoms with Crippen LogP contribution in [0.25, 0.3) is 0 Å². The number of likely N-dealkylation sites (tertiary alicyclic amines) is 2. The number of hydrogen-bond acceptors (Lipinski definition) is 4. The molecule has 0 aliphatic carbocycles. The molecule has 8 nitrogen and oxygen atoms in total. The number of hydrogen-bond donors (Lipinski definition) is 2. The average Bonchev–Trinajstić information content (AvgIpc) is 3.41. The van der Waals surface area contributed by atoms with E-state index in [2.05, 4.69) is 15.3 Å². The van der Waals surface area contributed by atoms with Crippen LogP contribution in [0.5, 0.6) is 0 Å². The molecule has 4 heterocycles. The Morgan fingerprint density at radius 1 is 1.36 bits per heavy atom. The Labute approximate surface area is 164 Å². The van der Waals surface area contributed by atoms with Gasteiger partial charge in [-0.1, -0.05) is 0 Å². The highest BCUT2D eigenvalue weighted by Crippen LogP contribution is 2.38. The Kier molecular flexibility index (Phi) is 5.36. The van der Waals surface area contributed by atoms with Gasteiger partial charge in [-0.25, -0.2) is 9.78 Å². The molecule has 150 valence electrons. The molecule has 2 aromatic heterocycles. The third-order valence-corrected chi connectivity index (χ3v) is 5.90. The van der Waals surface area contributed by atoms with E-state index in [4.69, 9.17) is 4.42 Å². The van der Waals surface area contributed by atoms with Crippen molar-refractivity contribution in [3.05, 3.63) is 42.4 Å². The monoisotopic (exact) mass is 385 g/mol. The van der Waals surface area contributed by atoms with Gasteiger partial charge in [0.25, 0.3) is 0 Å². The number of amides is 3. The van der Waals surface area contributed by atoms with Crippen LogP contribution in [0, 0.1) is 5.41 Å². The zero-order valence-corrected chi connectivity index (χ0v) is 16.0. The third kappa shape index (κ3) is 4.21. The van der Waals surface area contributed by atoms with E-state index in [1.165, 1.54) is 0 Å². The van der Waals surface area contributed by atoms with Crippen molar-refractivity contribution in [1.29, 1.82) is 0 Å². The lowest BCUT2D eigenvalue weighted by Gasteiger charge is -2.48. The summed E-state index contributed by atoms with van der Waals surface area (Å²) in [6.45, 7) is 3.26. The van der Waals surface area contributed by atoms with Gasteiger partial charge in [0.2, 0.25) is 5.91 Å². The van der Waals surface area contributed by atoms with Crippen molar-refractivity contribution < 1.29 is 14.0 Å². The molecule has 2 aromatic rings. The Morgan fingerprint density at radius 2 is 2.29 bits per heavy atom. The highest BCUT2D eigenvalue weighted by molar-refractivity contribution is 5.77. The van der Waals surface area contributed by atoms with Crippen molar-refractivity contribution in [2.75, 3.05) is 26.2 Å². The van der Waals surface area contributed by atoms with E-state index >= 15 is 0 Å². The summed E-state index contributed by atoms with van der Waals surface area (Å²) in [5.74, 6) is 0.956. The number of piperidine rings is 2. The molecule has 2 N–H and O–H groups in total. The average molecular weight is 385 g/mol. The second-order valence-electron chi connectivity index (χ2n) is 7.91. The maximum atomic E-state index is 12.6. The number of carbonyl (C=O) groups excluding carboxylic acids is 2. The molecule has 0 saturated carbocycles. The fourth-order valence-corrected chi connectivity index (χ4v) is 4.38. The van der Waals surface area contributed by atoms with Gasteiger partial charge in [-0.3, -0.25) is 4.79 Å². The number of urea groups is 1. The van der Waals surface area contributed by atoms with E-state index in [1.54, 1.807) is 18.8 Å². The standard InChI is InChI=1S/C20H27N5O3/c26-18-4-7-20(13-24(18)9-5-16-11-21-15-23-16)6-2-8-25(14-20)19(27)22-12-17-3-1-10-28-17/h1,3,10-11,15H,2,4-9,12-14H2,(H,21,23)(H,22,27). The molecule has 1 unspecified atom stereocenters. The van der Waals surface area contributed by atoms with Crippen LogP contribution in [0.15, 0.2) is 35.3 Å². The predicted molar refractivity (Wildman–Crippen MR) is 102 cm³/mol. The van der Waals surface area contributed by atoms with Crippen LogP contribution >= 0.6 is 0 Å². The zero-order valence-electron chi connectivity index (χ0n) is 16.0. The summed E-state index contributed by atoms with van der Waals surface area (Å²) < 4.78 is 5.28. The SMILES string of the molecule is O=C1CCC2(CCCN(C(=O)NCc3ccco3)C2)CN1CCc1cnc[nH]1. The molecule has 0 aromatic carbocycles. The summed E-state index contributed by atoms with van der Waals surface area (Å²) in [7, 11) is 0. The lowest BCUT2D eigenvalue weighted by molar-refractivity contribution is -0.138. The van der Waals surface area contributed by atoms with Crippen LogP contribution in [0.2, 0.25) is 0 Å². The number of nitrogens with zero attached hydrogens (tertiary/aromatic N) is 3. The molecule has 2 saturated heterocycles. The first-order valence-electron chi connectivity index (χ1n) is 9.94. The number of aromatic nitrogens is 2. The number of rotatable bonds is 5. The Hall–Kier alpha value is -2.77. The number of furan rings is 1. The number of H-pyrrole nitrogens is 1. The van der Waals surface area contributed by atoms with Gasteiger partial charge in [0.05, 0.1) is 19.1 Å². The van der Waals surface area contributed by atoms with Crippen LogP contribution in [0.4, 0.5) is 4.79 Å². The van der Waals surface area contributed by atoms with Gasteiger partial charge in [-0.2, -0.15) is 0 Å². The summed E-state index contributed by atoms with van der Waals surface area (Å²) in [6, 6.07) is 3.60. The first-order chi connectivity index (χ1) is 13.6. The number of aromatic amines is 1. The van der Waals surface area contributed by atoms with E-state index in [1.807, 2.05) is 21.9 Å². The molecule has 3 amide bonds. The summed E-state index contributed by atoms with van der Waals surface area (Å²) in [5, 5.41) is 2.94. The minimum Gasteiger partial charge on any atom is -0.467 e. The first-order valence-corrected chi connectivity index (χ1v) is 9.94. The van der Waals surface area contributed by atoms with Gasteiger partial charge >= 0.3 is 6.03 Å². The van der Waals surface area contributed by atoms with Gasteiger partial charge in [0, 0.05) is 56.3 Å². The van der Waals surface area contributed by atoms with Gasteiger partial charge < -0.3 is 24.5 Å². The highest BCUT2D eigenvalue weighted by Gasteiger charge is 2.42. The molecule has 2 aliphatic rings. The van der Waals surface area contributed by atoms with Crippen molar-refractivity contribution in [3.63, 3.8) is 0 Å². The van der Waals surface area contributed by atoms with Crippen molar-refractivity contribution in [3.8, 4) is 0 Å². The highest BCUT2D eigenvalue weighted by atomic mass is 16.3. The normalized spacial score (nSPS) is 22.6. The fraction of sp³-hybridized carbons (Fsp3) is 0.550. The molecular formula is C20H27N5O3. The fourth-order valence-electron chi connectivity index (χ4n) is 4.38. The number of nitrogens with one attached hydrogen (secondary N) is 2. The van der Waals surface area contributed by atoms with Gasteiger partial charge in [0.1, 0.15) is 5.76 Å². The van der Waals surface area contributed by atoms with Crippen LogP contribution in [-0.4, -0.2) is 57.9 Å². The van der Waals surface area contributed by atoms with Crippen LogP contribution in [-0.2, 0) is 17.8 Å². The maximum absolute atomic E-state index is 12.6. The number of carbonyl (C=O) groups is 2. The summed E-state index contributed by atoms with van der Waals surface area (Å²) >= 11 is 0. The first kappa shape index (κ1) is 18.6. The third-order valence-electron chi connectivity index (χ3n) is 5.90. The summed E-state index contributed by atoms with van der Waals surface area (Å²) in [6.07, 6.45) is 9.28. The Morgan fingerprint density at radius 3 is 3.07 bits per heavy atom. The van der Waals surface area contributed by atoms with Crippen molar-refractivity contribution in [1.82, 2.24) is 25.1 Å². The quantitative estimate of drug-likeness (QED) is 0.825. The molecule has 0 bridgehead atoms. The van der Waals surface area contributed by atoms with Crippen molar-refractivity contribution in [2.24, 2.45) is 5.41 Å². The molecule has 8 heteroatoms. The largest absolute Gasteiger partial charge is 0.467 e. The van der Waals surface area contributed by atoms with Gasteiger partial charge in [-0.05, 0) is 31.4 Å². The van der Waals surface area contributed by atoms with Crippen molar-refractivity contribution in [2.45, 2.75) is 38.6 Å². The lowest BCUT2D eigenvalue weighted by atomic mass is 9.73. The summed E-state index contributed by atoms with van der Waals surface area (Å²) in [5.41, 5.74) is 1.04. The molecule has 1 spiro atoms. The molecule has 28 heavy (non-hydrogen) atoms. The Bertz CT molecular complexity index is 789. The molecular weight excluding hydrogens is 358 g/mol. The lowest BCUT2D eigenvalue weighted by Crippen LogP contribution is -2.56. The maximum Gasteiger partial charge on any atom is 0.317 e. The molecule has 2 fully saturated rings. The molecule has 4 rings (SSSR count). The predicted octanol–water partition coefficient (Wildman–Crippen LogP) is 2.16. The molecule has 1 atom stereocenters. The van der Waals surface area contributed by atoms with Crippen molar-refractivity contribution >= 4 is 11.9 Å². The van der Waals surface area contributed by atoms with Gasteiger partial charge in [-0.15, -0.1) is 0 Å². The second-order valence-corrected chi connectivity index (χ2v) is 7.91. The second kappa shape index (κ2) is 8.08. The van der Waals surface area contributed by atoms with Crippen LogP contribution in [0.1, 0.15) is 37.1 Å². The van der Waals surface area contributed by atoms with Crippen LogP contribution < -0.4 is 5.32 Å². The van der Waals surface area contributed by atoms with E-state index in [0.717, 1.165) is 50.2 Å². The van der Waals surface area contributed by atoms with Crippen LogP contribution in [0.3, 0.4) is 0 Å². The summed E-state index contributed by atoms with van der Waals surface area (Å²) in [4.78, 5) is 36.0. The minimum absolute atomic E-state index is 0.00215. The van der Waals surface area contributed by atoms with E-state index in [9.17, 15) is 9.59 Å². The van der Waals surface area contributed by atoms with E-state index < -0.39 is 0 Å². The zero-order chi connectivity index (χ0) is 19.4.